The van der Waals surface area contributed by atoms with Gasteiger partial charge in [-0.2, -0.15) is 10.2 Å². The van der Waals surface area contributed by atoms with E-state index in [2.05, 4.69) is 31.4 Å². The first-order valence-electron chi connectivity index (χ1n) is 6.01. The second-order valence-electron chi connectivity index (χ2n) is 4.28. The van der Waals surface area contributed by atoms with Crippen LogP contribution in [-0.4, -0.2) is 25.5 Å². The molecule has 0 saturated heterocycles. The van der Waals surface area contributed by atoms with Gasteiger partial charge in [0, 0.05) is 38.1 Å². The SMILES string of the molecule is CCn1cc(Br)c(C(=O)NCc2cn(C)nc2C)n1. The Hall–Kier alpha value is -1.63. The van der Waals surface area contributed by atoms with Crippen LogP contribution in [-0.2, 0) is 20.1 Å². The predicted molar refractivity (Wildman–Crippen MR) is 74.7 cm³/mol. The average Bonchev–Trinajstić information content (AvgIpc) is 2.89. The van der Waals surface area contributed by atoms with Gasteiger partial charge in [0.1, 0.15) is 0 Å². The van der Waals surface area contributed by atoms with E-state index in [1.54, 1.807) is 15.6 Å². The van der Waals surface area contributed by atoms with E-state index in [0.29, 0.717) is 16.7 Å². The van der Waals surface area contributed by atoms with Gasteiger partial charge in [0.2, 0.25) is 0 Å². The third-order valence-corrected chi connectivity index (χ3v) is 3.39. The summed E-state index contributed by atoms with van der Waals surface area (Å²) in [6.07, 6.45) is 3.69. The van der Waals surface area contributed by atoms with Crippen molar-refractivity contribution in [2.24, 2.45) is 7.05 Å². The van der Waals surface area contributed by atoms with Crippen LogP contribution in [0.5, 0.6) is 0 Å². The molecule has 6 nitrogen and oxygen atoms in total. The van der Waals surface area contributed by atoms with Crippen LogP contribution in [0.25, 0.3) is 0 Å². The zero-order valence-corrected chi connectivity index (χ0v) is 12.7. The van der Waals surface area contributed by atoms with Crippen molar-refractivity contribution >= 4 is 21.8 Å². The van der Waals surface area contributed by atoms with Crippen molar-refractivity contribution in [3.8, 4) is 0 Å². The van der Waals surface area contributed by atoms with Gasteiger partial charge in [0.05, 0.1) is 10.2 Å². The molecule has 19 heavy (non-hydrogen) atoms. The first-order valence-corrected chi connectivity index (χ1v) is 6.80. The molecular formula is C12H16BrN5O. The van der Waals surface area contributed by atoms with Crippen LogP contribution < -0.4 is 5.32 Å². The summed E-state index contributed by atoms with van der Waals surface area (Å²) in [6, 6.07) is 0. The van der Waals surface area contributed by atoms with Crippen molar-refractivity contribution in [3.05, 3.63) is 33.8 Å². The standard InChI is InChI=1S/C12H16BrN5O/c1-4-18-7-10(13)11(16-18)12(19)14-5-9-6-17(3)15-8(9)2/h6-7H,4-5H2,1-3H3,(H,14,19). The minimum absolute atomic E-state index is 0.192. The van der Waals surface area contributed by atoms with Gasteiger partial charge < -0.3 is 5.32 Å². The van der Waals surface area contributed by atoms with E-state index in [0.717, 1.165) is 17.8 Å². The highest BCUT2D eigenvalue weighted by atomic mass is 79.9. The van der Waals surface area contributed by atoms with Gasteiger partial charge in [-0.25, -0.2) is 0 Å². The number of hydrogen-bond acceptors (Lipinski definition) is 3. The van der Waals surface area contributed by atoms with E-state index in [-0.39, 0.29) is 5.91 Å². The molecule has 0 aliphatic rings. The highest BCUT2D eigenvalue weighted by Crippen LogP contribution is 2.15. The number of aromatic nitrogens is 4. The van der Waals surface area contributed by atoms with Crippen molar-refractivity contribution in [1.82, 2.24) is 24.9 Å². The lowest BCUT2D eigenvalue weighted by Crippen LogP contribution is -2.24. The number of halogens is 1. The maximum atomic E-state index is 12.0. The molecule has 0 unspecified atom stereocenters. The normalized spacial score (nSPS) is 10.7. The summed E-state index contributed by atoms with van der Waals surface area (Å²) in [5.74, 6) is -0.192. The molecule has 0 spiro atoms. The number of nitrogens with one attached hydrogen (secondary N) is 1. The molecule has 0 aromatic carbocycles. The third kappa shape index (κ3) is 3.04. The predicted octanol–water partition coefficient (Wildman–Crippen LogP) is 1.64. The third-order valence-electron chi connectivity index (χ3n) is 2.81. The Kier molecular flexibility index (Phi) is 4.04. The van der Waals surface area contributed by atoms with Crippen LogP contribution in [0.3, 0.4) is 0 Å². The molecule has 0 saturated carbocycles. The van der Waals surface area contributed by atoms with E-state index in [9.17, 15) is 4.79 Å². The van der Waals surface area contributed by atoms with Crippen LogP contribution >= 0.6 is 15.9 Å². The second-order valence-corrected chi connectivity index (χ2v) is 5.13. The van der Waals surface area contributed by atoms with Gasteiger partial charge in [-0.3, -0.25) is 14.2 Å². The number of hydrogen-bond donors (Lipinski definition) is 1. The molecule has 0 aliphatic carbocycles. The Morgan fingerprint density at radius 1 is 1.42 bits per heavy atom. The summed E-state index contributed by atoms with van der Waals surface area (Å²) in [6.45, 7) is 5.07. The summed E-state index contributed by atoms with van der Waals surface area (Å²) in [5, 5.41) is 11.3. The molecule has 0 bridgehead atoms. The molecule has 1 N–H and O–H groups in total. The molecule has 0 radical (unpaired) electrons. The number of aryl methyl sites for hydroxylation is 3. The molecular weight excluding hydrogens is 310 g/mol. The molecule has 102 valence electrons. The monoisotopic (exact) mass is 325 g/mol. The molecule has 2 heterocycles. The van der Waals surface area contributed by atoms with Crippen molar-refractivity contribution < 1.29 is 4.79 Å². The molecule has 0 aliphatic heterocycles. The molecule has 2 aromatic heterocycles. The van der Waals surface area contributed by atoms with Gasteiger partial charge in [-0.05, 0) is 29.8 Å². The smallest absolute Gasteiger partial charge is 0.273 e. The maximum Gasteiger partial charge on any atom is 0.273 e. The van der Waals surface area contributed by atoms with E-state index in [1.807, 2.05) is 27.1 Å². The molecule has 2 aromatic rings. The average molecular weight is 326 g/mol. The Balaban J connectivity index is 2.05. The highest BCUT2D eigenvalue weighted by molar-refractivity contribution is 9.10. The zero-order chi connectivity index (χ0) is 14.0. The lowest BCUT2D eigenvalue weighted by molar-refractivity contribution is 0.0944. The zero-order valence-electron chi connectivity index (χ0n) is 11.1. The lowest BCUT2D eigenvalue weighted by atomic mass is 10.2. The van der Waals surface area contributed by atoms with Crippen LogP contribution in [0.2, 0.25) is 0 Å². The summed E-state index contributed by atoms with van der Waals surface area (Å²) in [4.78, 5) is 12.0. The van der Waals surface area contributed by atoms with E-state index >= 15 is 0 Å². The fourth-order valence-electron chi connectivity index (χ4n) is 1.79. The van der Waals surface area contributed by atoms with Crippen LogP contribution in [0, 0.1) is 6.92 Å². The summed E-state index contributed by atoms with van der Waals surface area (Å²) in [7, 11) is 1.86. The number of rotatable bonds is 4. The fourth-order valence-corrected chi connectivity index (χ4v) is 2.29. The van der Waals surface area contributed by atoms with E-state index in [1.165, 1.54) is 0 Å². The summed E-state index contributed by atoms with van der Waals surface area (Å²) < 4.78 is 4.15. The van der Waals surface area contributed by atoms with Gasteiger partial charge in [0.25, 0.3) is 5.91 Å². The summed E-state index contributed by atoms with van der Waals surface area (Å²) in [5.41, 5.74) is 2.33. The Bertz CT molecular complexity index is 601. The maximum absolute atomic E-state index is 12.0. The molecule has 0 fully saturated rings. The Labute approximate surface area is 119 Å². The van der Waals surface area contributed by atoms with Crippen LogP contribution in [0.1, 0.15) is 28.7 Å². The second kappa shape index (κ2) is 5.56. The van der Waals surface area contributed by atoms with Crippen molar-refractivity contribution in [1.29, 1.82) is 0 Å². The van der Waals surface area contributed by atoms with Gasteiger partial charge in [-0.1, -0.05) is 0 Å². The van der Waals surface area contributed by atoms with Gasteiger partial charge in [0.15, 0.2) is 5.69 Å². The lowest BCUT2D eigenvalue weighted by Gasteiger charge is -2.02. The van der Waals surface area contributed by atoms with Crippen LogP contribution in [0.15, 0.2) is 16.9 Å². The molecule has 1 amide bonds. The van der Waals surface area contributed by atoms with Crippen molar-refractivity contribution in [2.45, 2.75) is 26.9 Å². The quantitative estimate of drug-likeness (QED) is 0.929. The van der Waals surface area contributed by atoms with Crippen molar-refractivity contribution in [3.63, 3.8) is 0 Å². The highest BCUT2D eigenvalue weighted by Gasteiger charge is 2.15. The van der Waals surface area contributed by atoms with E-state index in [4.69, 9.17) is 0 Å². The molecule has 7 heteroatoms. The first-order chi connectivity index (χ1) is 9.01. The number of carbonyl (C=O) groups excluding carboxylic acids is 1. The minimum atomic E-state index is -0.192. The Morgan fingerprint density at radius 2 is 2.16 bits per heavy atom. The number of nitrogens with zero attached hydrogens (tertiary/aromatic N) is 4. The minimum Gasteiger partial charge on any atom is -0.346 e. The van der Waals surface area contributed by atoms with E-state index < -0.39 is 0 Å². The summed E-state index contributed by atoms with van der Waals surface area (Å²) >= 11 is 3.34. The molecule has 2 rings (SSSR count). The first kappa shape index (κ1) is 13.8. The van der Waals surface area contributed by atoms with Crippen molar-refractivity contribution in [2.75, 3.05) is 0 Å². The molecule has 0 atom stereocenters. The number of carbonyl (C=O) groups is 1. The largest absolute Gasteiger partial charge is 0.346 e. The fraction of sp³-hybridized carbons (Fsp3) is 0.417. The Morgan fingerprint density at radius 3 is 2.68 bits per heavy atom. The van der Waals surface area contributed by atoms with Crippen LogP contribution in [0.4, 0.5) is 0 Å². The van der Waals surface area contributed by atoms with Gasteiger partial charge >= 0.3 is 0 Å². The topological polar surface area (TPSA) is 64.7 Å². The number of amides is 1. The van der Waals surface area contributed by atoms with Gasteiger partial charge in [-0.15, -0.1) is 0 Å².